The van der Waals surface area contributed by atoms with Crippen LogP contribution >= 0.6 is 0 Å². The van der Waals surface area contributed by atoms with E-state index in [0.717, 1.165) is 23.8 Å². The van der Waals surface area contributed by atoms with Gasteiger partial charge in [0.25, 0.3) is 0 Å². The third-order valence-electron chi connectivity index (χ3n) is 2.43. The third kappa shape index (κ3) is 2.94. The molecule has 0 radical (unpaired) electrons. The summed E-state index contributed by atoms with van der Waals surface area (Å²) < 4.78 is 5.66. The lowest BCUT2D eigenvalue weighted by molar-refractivity contribution is 0.457. The molecular formula is C13H16N4O. The van der Waals surface area contributed by atoms with Crippen molar-refractivity contribution >= 4 is 5.82 Å². The third-order valence-corrected chi connectivity index (χ3v) is 2.43. The van der Waals surface area contributed by atoms with Crippen LogP contribution in [0.1, 0.15) is 18.4 Å². The Kier molecular flexibility index (Phi) is 3.72. The van der Waals surface area contributed by atoms with E-state index in [0.29, 0.717) is 11.6 Å². The van der Waals surface area contributed by atoms with Crippen molar-refractivity contribution in [2.24, 2.45) is 0 Å². The fourth-order valence-corrected chi connectivity index (χ4v) is 1.45. The molecule has 0 saturated carbocycles. The zero-order chi connectivity index (χ0) is 13.0. The average Bonchev–Trinajstić information content (AvgIpc) is 2.41. The Balaban J connectivity index is 2.25. The Bertz CT molecular complexity index is 503. The van der Waals surface area contributed by atoms with Gasteiger partial charge in [-0.1, -0.05) is 6.92 Å². The molecule has 5 nitrogen and oxygen atoms in total. The van der Waals surface area contributed by atoms with Gasteiger partial charge in [-0.15, -0.1) is 0 Å². The summed E-state index contributed by atoms with van der Waals surface area (Å²) in [5, 5.41) is 2.99. The molecule has 2 rings (SSSR count). The highest BCUT2D eigenvalue weighted by molar-refractivity contribution is 5.39. The lowest BCUT2D eigenvalue weighted by Crippen LogP contribution is -2.01. The van der Waals surface area contributed by atoms with Crippen LogP contribution in [-0.4, -0.2) is 22.0 Å². The van der Waals surface area contributed by atoms with E-state index < -0.39 is 0 Å². The SMILES string of the molecule is CCc1nc(NC)cc(Oc2ccc(C)nc2)n1. The van der Waals surface area contributed by atoms with Crippen LogP contribution in [0.5, 0.6) is 11.6 Å². The Labute approximate surface area is 106 Å². The van der Waals surface area contributed by atoms with Crippen molar-refractivity contribution in [3.8, 4) is 11.6 Å². The van der Waals surface area contributed by atoms with E-state index in [9.17, 15) is 0 Å². The summed E-state index contributed by atoms with van der Waals surface area (Å²) in [6, 6.07) is 5.53. The Morgan fingerprint density at radius 2 is 2.11 bits per heavy atom. The molecule has 0 amide bonds. The van der Waals surface area contributed by atoms with Crippen LogP contribution in [-0.2, 0) is 6.42 Å². The van der Waals surface area contributed by atoms with Crippen molar-refractivity contribution in [1.29, 1.82) is 0 Å². The number of nitrogens with one attached hydrogen (secondary N) is 1. The molecule has 0 aromatic carbocycles. The molecule has 0 atom stereocenters. The number of pyridine rings is 1. The van der Waals surface area contributed by atoms with Gasteiger partial charge in [-0.2, -0.15) is 4.98 Å². The second-order valence-corrected chi connectivity index (χ2v) is 3.85. The monoisotopic (exact) mass is 244 g/mol. The van der Waals surface area contributed by atoms with Crippen molar-refractivity contribution in [2.75, 3.05) is 12.4 Å². The van der Waals surface area contributed by atoms with Crippen LogP contribution in [0, 0.1) is 6.92 Å². The van der Waals surface area contributed by atoms with E-state index in [1.807, 2.05) is 33.0 Å². The van der Waals surface area contributed by atoms with Gasteiger partial charge in [0, 0.05) is 25.2 Å². The first-order valence-corrected chi connectivity index (χ1v) is 5.87. The Hall–Kier alpha value is -2.17. The molecule has 1 N–H and O–H groups in total. The normalized spacial score (nSPS) is 10.2. The summed E-state index contributed by atoms with van der Waals surface area (Å²) in [7, 11) is 1.82. The van der Waals surface area contributed by atoms with Gasteiger partial charge in [-0.3, -0.25) is 4.98 Å². The van der Waals surface area contributed by atoms with Gasteiger partial charge >= 0.3 is 0 Å². The van der Waals surface area contributed by atoms with Crippen molar-refractivity contribution < 1.29 is 4.74 Å². The second kappa shape index (κ2) is 5.44. The minimum atomic E-state index is 0.525. The smallest absolute Gasteiger partial charge is 0.224 e. The maximum Gasteiger partial charge on any atom is 0.224 e. The molecule has 0 bridgehead atoms. The van der Waals surface area contributed by atoms with Crippen LogP contribution in [0.4, 0.5) is 5.82 Å². The molecule has 0 aliphatic heterocycles. The van der Waals surface area contributed by atoms with Crippen LogP contribution in [0.3, 0.4) is 0 Å². The molecule has 0 spiro atoms. The number of aryl methyl sites for hydroxylation is 2. The van der Waals surface area contributed by atoms with Crippen LogP contribution in [0.2, 0.25) is 0 Å². The first-order chi connectivity index (χ1) is 8.71. The van der Waals surface area contributed by atoms with Gasteiger partial charge in [0.1, 0.15) is 17.4 Å². The summed E-state index contributed by atoms with van der Waals surface area (Å²) >= 11 is 0. The Morgan fingerprint density at radius 1 is 1.28 bits per heavy atom. The molecule has 5 heteroatoms. The van der Waals surface area contributed by atoms with Gasteiger partial charge in [0.05, 0.1) is 6.20 Å². The summed E-state index contributed by atoms with van der Waals surface area (Å²) in [6.07, 6.45) is 2.44. The van der Waals surface area contributed by atoms with Gasteiger partial charge in [0.2, 0.25) is 5.88 Å². The van der Waals surface area contributed by atoms with Gasteiger partial charge in [-0.25, -0.2) is 4.98 Å². The molecule has 0 fully saturated rings. The van der Waals surface area contributed by atoms with Crippen molar-refractivity contribution in [3.63, 3.8) is 0 Å². The Morgan fingerprint density at radius 3 is 2.72 bits per heavy atom. The summed E-state index contributed by atoms with van der Waals surface area (Å²) in [4.78, 5) is 12.8. The molecule has 0 unspecified atom stereocenters. The van der Waals surface area contributed by atoms with E-state index >= 15 is 0 Å². The van der Waals surface area contributed by atoms with Crippen molar-refractivity contribution in [2.45, 2.75) is 20.3 Å². The zero-order valence-corrected chi connectivity index (χ0v) is 10.8. The molecule has 0 aliphatic carbocycles. The number of aromatic nitrogens is 3. The molecule has 2 heterocycles. The molecular weight excluding hydrogens is 228 g/mol. The first-order valence-electron chi connectivity index (χ1n) is 5.87. The van der Waals surface area contributed by atoms with E-state index in [1.54, 1.807) is 12.3 Å². The minimum absolute atomic E-state index is 0.525. The van der Waals surface area contributed by atoms with Crippen LogP contribution < -0.4 is 10.1 Å². The zero-order valence-electron chi connectivity index (χ0n) is 10.8. The van der Waals surface area contributed by atoms with Crippen molar-refractivity contribution in [3.05, 3.63) is 35.9 Å². The summed E-state index contributed by atoms with van der Waals surface area (Å²) in [5.74, 6) is 2.69. The number of rotatable bonds is 4. The highest BCUT2D eigenvalue weighted by Crippen LogP contribution is 2.21. The largest absolute Gasteiger partial charge is 0.437 e. The number of nitrogens with zero attached hydrogens (tertiary/aromatic N) is 3. The predicted octanol–water partition coefficient (Wildman–Crippen LogP) is 2.58. The molecule has 18 heavy (non-hydrogen) atoms. The number of anilines is 1. The first kappa shape index (κ1) is 12.3. The maximum absolute atomic E-state index is 5.66. The topological polar surface area (TPSA) is 59.9 Å². The van der Waals surface area contributed by atoms with Crippen molar-refractivity contribution in [1.82, 2.24) is 15.0 Å². The second-order valence-electron chi connectivity index (χ2n) is 3.85. The van der Waals surface area contributed by atoms with Crippen LogP contribution in [0.15, 0.2) is 24.4 Å². The number of hydrogen-bond acceptors (Lipinski definition) is 5. The predicted molar refractivity (Wildman–Crippen MR) is 70.0 cm³/mol. The highest BCUT2D eigenvalue weighted by atomic mass is 16.5. The number of ether oxygens (including phenoxy) is 1. The summed E-state index contributed by atoms with van der Waals surface area (Å²) in [5.41, 5.74) is 0.954. The van der Waals surface area contributed by atoms with Gasteiger partial charge in [-0.05, 0) is 19.1 Å². The van der Waals surface area contributed by atoms with Gasteiger partial charge < -0.3 is 10.1 Å². The molecule has 94 valence electrons. The molecule has 2 aromatic heterocycles. The van der Waals surface area contributed by atoms with E-state index in [4.69, 9.17) is 4.74 Å². The molecule has 2 aromatic rings. The van der Waals surface area contributed by atoms with E-state index in [1.165, 1.54) is 0 Å². The lowest BCUT2D eigenvalue weighted by atomic mass is 10.4. The van der Waals surface area contributed by atoms with E-state index in [2.05, 4.69) is 20.3 Å². The van der Waals surface area contributed by atoms with Gasteiger partial charge in [0.15, 0.2) is 0 Å². The standard InChI is InChI=1S/C13H16N4O/c1-4-11-16-12(14-3)7-13(17-11)18-10-6-5-9(2)15-8-10/h5-8H,4H2,1-3H3,(H,14,16,17). The highest BCUT2D eigenvalue weighted by Gasteiger charge is 2.05. The quantitative estimate of drug-likeness (QED) is 0.895. The average molecular weight is 244 g/mol. The molecule has 0 saturated heterocycles. The van der Waals surface area contributed by atoms with Crippen LogP contribution in [0.25, 0.3) is 0 Å². The summed E-state index contributed by atoms with van der Waals surface area (Å²) in [6.45, 7) is 3.94. The minimum Gasteiger partial charge on any atom is -0.437 e. The maximum atomic E-state index is 5.66. The van der Waals surface area contributed by atoms with E-state index in [-0.39, 0.29) is 0 Å². The fraction of sp³-hybridized carbons (Fsp3) is 0.308. The lowest BCUT2D eigenvalue weighted by Gasteiger charge is -2.08. The number of hydrogen-bond donors (Lipinski definition) is 1. The molecule has 0 aliphatic rings. The fourth-order valence-electron chi connectivity index (χ4n) is 1.45.